The lowest BCUT2D eigenvalue weighted by atomic mass is 10.1. The van der Waals surface area contributed by atoms with Gasteiger partial charge in [0.1, 0.15) is 6.54 Å². The van der Waals surface area contributed by atoms with Crippen LogP contribution in [0.25, 0.3) is 11.3 Å². The van der Waals surface area contributed by atoms with E-state index >= 15 is 0 Å². The Kier molecular flexibility index (Phi) is 5.49. The maximum Gasteiger partial charge on any atom is 0.267 e. The number of carbonyl (C=O) groups excluding carboxylic acids is 1. The molecule has 0 aliphatic carbocycles. The third-order valence-corrected chi connectivity index (χ3v) is 4.23. The van der Waals surface area contributed by atoms with Crippen molar-refractivity contribution in [3.8, 4) is 11.3 Å². The lowest BCUT2D eigenvalue weighted by Gasteiger charge is -2.14. The number of carbonyl (C=O) groups is 1. The topological polar surface area (TPSA) is 64.0 Å². The van der Waals surface area contributed by atoms with Crippen LogP contribution >= 0.6 is 11.6 Å². The summed E-state index contributed by atoms with van der Waals surface area (Å²) in [6, 6.07) is 19.7. The van der Waals surface area contributed by atoms with E-state index in [1.807, 2.05) is 49.4 Å². The van der Waals surface area contributed by atoms with Gasteiger partial charge in [-0.15, -0.1) is 0 Å². The molecule has 132 valence electrons. The van der Waals surface area contributed by atoms with Crippen molar-refractivity contribution in [2.45, 2.75) is 19.5 Å². The van der Waals surface area contributed by atoms with Crippen molar-refractivity contribution < 1.29 is 4.79 Å². The molecule has 2 aromatic carbocycles. The van der Waals surface area contributed by atoms with Crippen molar-refractivity contribution in [1.29, 1.82) is 0 Å². The number of benzene rings is 2. The minimum Gasteiger partial charge on any atom is -0.348 e. The van der Waals surface area contributed by atoms with Crippen LogP contribution in [0.5, 0.6) is 0 Å². The van der Waals surface area contributed by atoms with E-state index in [1.54, 1.807) is 18.2 Å². The molecule has 0 aliphatic heterocycles. The summed E-state index contributed by atoms with van der Waals surface area (Å²) in [7, 11) is 0. The van der Waals surface area contributed by atoms with Gasteiger partial charge < -0.3 is 5.32 Å². The van der Waals surface area contributed by atoms with Gasteiger partial charge in [0.15, 0.2) is 0 Å². The van der Waals surface area contributed by atoms with Gasteiger partial charge in [0.05, 0.1) is 11.7 Å². The average Bonchev–Trinajstić information content (AvgIpc) is 2.65. The Hall–Kier alpha value is -2.92. The van der Waals surface area contributed by atoms with Crippen LogP contribution in [0.15, 0.2) is 71.5 Å². The minimum atomic E-state index is -0.328. The summed E-state index contributed by atoms with van der Waals surface area (Å²) in [5.74, 6) is -0.274. The highest BCUT2D eigenvalue weighted by Gasteiger charge is 2.12. The monoisotopic (exact) mass is 367 g/mol. The van der Waals surface area contributed by atoms with E-state index in [0.717, 1.165) is 15.8 Å². The van der Waals surface area contributed by atoms with Crippen molar-refractivity contribution in [1.82, 2.24) is 15.1 Å². The van der Waals surface area contributed by atoms with Crippen LogP contribution < -0.4 is 10.9 Å². The molecule has 1 N–H and O–H groups in total. The Bertz CT molecular complexity index is 953. The van der Waals surface area contributed by atoms with Gasteiger partial charge in [-0.3, -0.25) is 9.59 Å². The summed E-state index contributed by atoms with van der Waals surface area (Å²) in [6.07, 6.45) is 0. The van der Waals surface area contributed by atoms with Crippen LogP contribution in [0, 0.1) is 0 Å². The average molecular weight is 368 g/mol. The molecule has 0 unspecified atom stereocenters. The van der Waals surface area contributed by atoms with Gasteiger partial charge in [-0.1, -0.05) is 54.1 Å². The second-order valence-corrected chi connectivity index (χ2v) is 6.36. The van der Waals surface area contributed by atoms with Crippen molar-refractivity contribution in [3.05, 3.63) is 87.7 Å². The number of nitrogens with one attached hydrogen (secondary N) is 1. The quantitative estimate of drug-likeness (QED) is 0.751. The molecule has 1 amide bonds. The molecular formula is C20H18ClN3O2. The van der Waals surface area contributed by atoms with Gasteiger partial charge in [-0.05, 0) is 30.7 Å². The molecule has 0 fully saturated rings. The van der Waals surface area contributed by atoms with Crippen LogP contribution in [-0.4, -0.2) is 15.7 Å². The van der Waals surface area contributed by atoms with Crippen molar-refractivity contribution in [3.63, 3.8) is 0 Å². The second kappa shape index (κ2) is 7.97. The van der Waals surface area contributed by atoms with Gasteiger partial charge in [0.2, 0.25) is 5.91 Å². The Morgan fingerprint density at radius 2 is 1.77 bits per heavy atom. The lowest BCUT2D eigenvalue weighted by molar-refractivity contribution is -0.122. The molecule has 1 atom stereocenters. The summed E-state index contributed by atoms with van der Waals surface area (Å²) in [5, 5.41) is 7.80. The van der Waals surface area contributed by atoms with Crippen molar-refractivity contribution >= 4 is 17.5 Å². The molecule has 3 aromatic rings. The summed E-state index contributed by atoms with van der Waals surface area (Å²) in [6.45, 7) is 1.75. The number of rotatable bonds is 5. The van der Waals surface area contributed by atoms with E-state index in [-0.39, 0.29) is 24.1 Å². The van der Waals surface area contributed by atoms with E-state index < -0.39 is 0 Å². The smallest absolute Gasteiger partial charge is 0.267 e. The summed E-state index contributed by atoms with van der Waals surface area (Å²) >= 11 is 5.89. The summed E-state index contributed by atoms with van der Waals surface area (Å²) in [5.41, 5.74) is 2.09. The normalized spacial score (nSPS) is 11.8. The van der Waals surface area contributed by atoms with Gasteiger partial charge in [-0.2, -0.15) is 5.10 Å². The minimum absolute atomic E-state index is 0.141. The van der Waals surface area contributed by atoms with E-state index in [1.165, 1.54) is 6.07 Å². The van der Waals surface area contributed by atoms with Gasteiger partial charge in [-0.25, -0.2) is 4.68 Å². The molecule has 6 heteroatoms. The summed E-state index contributed by atoms with van der Waals surface area (Å²) in [4.78, 5) is 24.4. The van der Waals surface area contributed by atoms with Crippen molar-refractivity contribution in [2.75, 3.05) is 0 Å². The van der Waals surface area contributed by atoms with Gasteiger partial charge >= 0.3 is 0 Å². The Morgan fingerprint density at radius 3 is 2.46 bits per heavy atom. The van der Waals surface area contributed by atoms with Gasteiger partial charge in [0, 0.05) is 16.7 Å². The molecule has 0 saturated heterocycles. The Morgan fingerprint density at radius 1 is 1.08 bits per heavy atom. The molecule has 0 bridgehead atoms. The first-order valence-electron chi connectivity index (χ1n) is 8.21. The molecule has 26 heavy (non-hydrogen) atoms. The van der Waals surface area contributed by atoms with Crippen LogP contribution in [0.2, 0.25) is 5.02 Å². The molecule has 0 radical (unpaired) electrons. The third-order valence-electron chi connectivity index (χ3n) is 3.98. The fourth-order valence-corrected chi connectivity index (χ4v) is 2.71. The zero-order valence-corrected chi connectivity index (χ0v) is 15.0. The molecule has 3 rings (SSSR count). The van der Waals surface area contributed by atoms with E-state index in [0.29, 0.717) is 10.7 Å². The second-order valence-electron chi connectivity index (χ2n) is 5.92. The Balaban J connectivity index is 1.74. The maximum atomic E-state index is 12.3. The zero-order valence-electron chi connectivity index (χ0n) is 14.2. The number of hydrogen-bond acceptors (Lipinski definition) is 3. The number of aromatic nitrogens is 2. The first-order chi connectivity index (χ1) is 12.5. The predicted octanol–water partition coefficient (Wildman–Crippen LogP) is 3.44. The van der Waals surface area contributed by atoms with E-state index in [2.05, 4.69) is 10.4 Å². The maximum absolute atomic E-state index is 12.3. The standard InChI is InChI=1S/C20H18ClN3O2/c1-14(15-5-3-2-4-6-15)22-19(25)13-24-20(26)12-11-18(23-24)16-7-9-17(21)10-8-16/h2-12,14H,13H2,1H3,(H,22,25)/t14-/m0/s1. The highest BCUT2D eigenvalue weighted by molar-refractivity contribution is 6.30. The van der Waals surface area contributed by atoms with Crippen LogP contribution in [0.3, 0.4) is 0 Å². The molecular weight excluding hydrogens is 350 g/mol. The molecule has 1 aromatic heterocycles. The van der Waals surface area contributed by atoms with E-state index in [4.69, 9.17) is 11.6 Å². The molecule has 0 saturated carbocycles. The zero-order chi connectivity index (χ0) is 18.5. The SMILES string of the molecule is C[C@H](NC(=O)Cn1nc(-c2ccc(Cl)cc2)ccc1=O)c1ccccc1. The van der Waals surface area contributed by atoms with E-state index in [9.17, 15) is 9.59 Å². The molecule has 0 aliphatic rings. The van der Waals surface area contributed by atoms with Crippen LogP contribution in [0.4, 0.5) is 0 Å². The third kappa shape index (κ3) is 4.37. The number of amides is 1. The highest BCUT2D eigenvalue weighted by Crippen LogP contribution is 2.18. The summed E-state index contributed by atoms with van der Waals surface area (Å²) < 4.78 is 1.16. The largest absolute Gasteiger partial charge is 0.348 e. The first kappa shape index (κ1) is 17.9. The molecule has 1 heterocycles. The van der Waals surface area contributed by atoms with Crippen molar-refractivity contribution in [2.24, 2.45) is 0 Å². The number of hydrogen-bond donors (Lipinski definition) is 1. The number of nitrogens with zero attached hydrogens (tertiary/aromatic N) is 2. The lowest BCUT2D eigenvalue weighted by Crippen LogP contribution is -2.34. The van der Waals surface area contributed by atoms with Crippen LogP contribution in [-0.2, 0) is 11.3 Å². The van der Waals surface area contributed by atoms with Crippen LogP contribution in [0.1, 0.15) is 18.5 Å². The predicted molar refractivity (Wildman–Crippen MR) is 102 cm³/mol. The number of halogens is 1. The fraction of sp³-hybridized carbons (Fsp3) is 0.150. The fourth-order valence-electron chi connectivity index (χ4n) is 2.59. The highest BCUT2D eigenvalue weighted by atomic mass is 35.5. The molecule has 0 spiro atoms. The Labute approximate surface area is 156 Å². The van der Waals surface area contributed by atoms with Gasteiger partial charge in [0.25, 0.3) is 5.56 Å². The molecule has 5 nitrogen and oxygen atoms in total. The first-order valence-corrected chi connectivity index (χ1v) is 8.59.